The number of nitrogens with zero attached hydrogens (tertiary/aromatic N) is 2. The lowest BCUT2D eigenvalue weighted by Gasteiger charge is -2.19. The van der Waals surface area contributed by atoms with Crippen molar-refractivity contribution in [1.29, 1.82) is 0 Å². The van der Waals surface area contributed by atoms with Crippen molar-refractivity contribution in [2.45, 2.75) is 25.5 Å². The first-order chi connectivity index (χ1) is 7.99. The fraction of sp³-hybridized carbons (Fsp3) is 0.500. The molecule has 6 nitrogen and oxygen atoms in total. The maximum Gasteiger partial charge on any atom is 0.326 e. The number of hydrogen-bond donors (Lipinski definition) is 2. The highest BCUT2D eigenvalue weighted by atomic mass is 32.1. The molecule has 7 heteroatoms. The molecule has 1 saturated heterocycles. The number of aliphatic hydroxyl groups is 1. The van der Waals surface area contributed by atoms with Crippen molar-refractivity contribution >= 4 is 23.2 Å². The molecule has 0 aromatic carbocycles. The molecule has 0 saturated carbocycles. The minimum atomic E-state index is -1.09. The molecule has 0 spiro atoms. The number of rotatable bonds is 2. The standard InChI is InChI=1S/C10H12N2O4S/c1-5-11-3-8(17-5)9(14)12-4-6(13)2-7(12)10(15)16/h3,6-7,13H,2,4H2,1H3,(H,15,16)/t6?,7-/m0/s1. The molecular weight excluding hydrogens is 244 g/mol. The second-order valence-corrected chi connectivity index (χ2v) is 5.18. The number of carbonyl (C=O) groups excluding carboxylic acids is 1. The van der Waals surface area contributed by atoms with Crippen LogP contribution in [0.3, 0.4) is 0 Å². The number of aryl methyl sites for hydroxylation is 1. The smallest absolute Gasteiger partial charge is 0.326 e. The van der Waals surface area contributed by atoms with Gasteiger partial charge in [0.15, 0.2) is 0 Å². The SMILES string of the molecule is Cc1ncc(C(=O)N2CC(O)C[C@H]2C(=O)O)s1. The average Bonchev–Trinajstić information content (AvgIpc) is 2.83. The van der Waals surface area contributed by atoms with Gasteiger partial charge in [-0.25, -0.2) is 9.78 Å². The van der Waals surface area contributed by atoms with Gasteiger partial charge in [0.2, 0.25) is 0 Å². The van der Waals surface area contributed by atoms with Gasteiger partial charge in [0.05, 0.1) is 17.3 Å². The summed E-state index contributed by atoms with van der Waals surface area (Å²) >= 11 is 1.22. The van der Waals surface area contributed by atoms with Gasteiger partial charge < -0.3 is 15.1 Å². The molecule has 2 rings (SSSR count). The first-order valence-electron chi connectivity index (χ1n) is 5.13. The lowest BCUT2D eigenvalue weighted by atomic mass is 10.2. The Morgan fingerprint density at radius 3 is 2.82 bits per heavy atom. The van der Waals surface area contributed by atoms with Crippen molar-refractivity contribution in [3.8, 4) is 0 Å². The summed E-state index contributed by atoms with van der Waals surface area (Å²) in [6.07, 6.45) is 0.749. The van der Waals surface area contributed by atoms with Crippen LogP contribution >= 0.6 is 11.3 Å². The van der Waals surface area contributed by atoms with Gasteiger partial charge in [-0.05, 0) is 6.92 Å². The van der Waals surface area contributed by atoms with Crippen molar-refractivity contribution in [1.82, 2.24) is 9.88 Å². The molecule has 0 radical (unpaired) electrons. The third-order valence-electron chi connectivity index (χ3n) is 2.66. The number of amides is 1. The van der Waals surface area contributed by atoms with Gasteiger partial charge in [-0.15, -0.1) is 11.3 Å². The molecule has 1 aromatic heterocycles. The molecule has 1 unspecified atom stereocenters. The number of carboxylic acid groups (broad SMARTS) is 1. The Morgan fingerprint density at radius 1 is 1.59 bits per heavy atom. The van der Waals surface area contributed by atoms with Crippen LogP contribution in [-0.2, 0) is 4.79 Å². The highest BCUT2D eigenvalue weighted by Gasteiger charge is 2.39. The van der Waals surface area contributed by atoms with Crippen molar-refractivity contribution in [2.24, 2.45) is 0 Å². The molecule has 92 valence electrons. The molecule has 1 aromatic rings. The second kappa shape index (κ2) is 4.42. The van der Waals surface area contributed by atoms with E-state index < -0.39 is 18.1 Å². The summed E-state index contributed by atoms with van der Waals surface area (Å²) in [4.78, 5) is 28.6. The van der Waals surface area contributed by atoms with E-state index in [0.29, 0.717) is 4.88 Å². The fourth-order valence-electron chi connectivity index (χ4n) is 1.87. The summed E-state index contributed by atoms with van der Waals surface area (Å²) in [6.45, 7) is 1.84. The van der Waals surface area contributed by atoms with E-state index in [-0.39, 0.29) is 18.9 Å². The minimum Gasteiger partial charge on any atom is -0.480 e. The normalized spacial score (nSPS) is 24.0. The lowest BCUT2D eigenvalue weighted by Crippen LogP contribution is -2.40. The Hall–Kier alpha value is -1.47. The molecule has 0 aliphatic carbocycles. The Balaban J connectivity index is 2.21. The number of carboxylic acids is 1. The zero-order valence-electron chi connectivity index (χ0n) is 9.16. The monoisotopic (exact) mass is 256 g/mol. The van der Waals surface area contributed by atoms with Gasteiger partial charge in [0, 0.05) is 13.0 Å². The maximum absolute atomic E-state index is 12.0. The van der Waals surface area contributed by atoms with Crippen LogP contribution in [0.5, 0.6) is 0 Å². The van der Waals surface area contributed by atoms with Crippen LogP contribution in [-0.4, -0.2) is 50.7 Å². The maximum atomic E-state index is 12.0. The number of β-amino-alcohol motifs (C(OH)–C–C–N with tert-alkyl or cyclic N) is 1. The van der Waals surface area contributed by atoms with E-state index in [0.717, 1.165) is 5.01 Å². The second-order valence-electron chi connectivity index (χ2n) is 3.94. The highest BCUT2D eigenvalue weighted by Crippen LogP contribution is 2.23. The first kappa shape index (κ1) is 12.0. The number of carbonyl (C=O) groups is 2. The van der Waals surface area contributed by atoms with Crippen molar-refractivity contribution < 1.29 is 19.8 Å². The van der Waals surface area contributed by atoms with Crippen molar-refractivity contribution in [3.63, 3.8) is 0 Å². The lowest BCUT2D eigenvalue weighted by molar-refractivity contribution is -0.141. The molecule has 1 aliphatic heterocycles. The highest BCUT2D eigenvalue weighted by molar-refractivity contribution is 7.13. The molecular formula is C10H12N2O4S. The van der Waals surface area contributed by atoms with E-state index in [2.05, 4.69) is 4.98 Å². The molecule has 1 fully saturated rings. The Kier molecular flexibility index (Phi) is 3.12. The Bertz CT molecular complexity index is 459. The van der Waals surface area contributed by atoms with E-state index in [1.54, 1.807) is 6.92 Å². The van der Waals surface area contributed by atoms with Gasteiger partial charge >= 0.3 is 5.97 Å². The Labute approximate surface area is 102 Å². The largest absolute Gasteiger partial charge is 0.480 e. The predicted molar refractivity (Wildman–Crippen MR) is 59.9 cm³/mol. The van der Waals surface area contributed by atoms with Crippen LogP contribution in [0.25, 0.3) is 0 Å². The van der Waals surface area contributed by atoms with E-state index in [1.807, 2.05) is 0 Å². The summed E-state index contributed by atoms with van der Waals surface area (Å²) in [5, 5.41) is 19.2. The molecule has 2 heterocycles. The van der Waals surface area contributed by atoms with Gasteiger partial charge in [0.1, 0.15) is 10.9 Å². The minimum absolute atomic E-state index is 0.0622. The zero-order chi connectivity index (χ0) is 12.6. The number of aliphatic hydroxyl groups excluding tert-OH is 1. The van der Waals surface area contributed by atoms with Crippen molar-refractivity contribution in [3.05, 3.63) is 16.1 Å². The quantitative estimate of drug-likeness (QED) is 0.783. The Morgan fingerprint density at radius 2 is 2.29 bits per heavy atom. The molecule has 1 amide bonds. The predicted octanol–water partition coefficient (Wildman–Crippen LogP) is 0.112. The topological polar surface area (TPSA) is 90.7 Å². The molecule has 17 heavy (non-hydrogen) atoms. The summed E-state index contributed by atoms with van der Waals surface area (Å²) in [6, 6.07) is -0.945. The molecule has 2 N–H and O–H groups in total. The summed E-state index contributed by atoms with van der Waals surface area (Å²) in [7, 11) is 0. The molecule has 2 atom stereocenters. The summed E-state index contributed by atoms with van der Waals surface area (Å²) < 4.78 is 0. The van der Waals surface area contributed by atoms with Crippen LogP contribution in [0.4, 0.5) is 0 Å². The van der Waals surface area contributed by atoms with Crippen LogP contribution < -0.4 is 0 Å². The number of hydrogen-bond acceptors (Lipinski definition) is 5. The van der Waals surface area contributed by atoms with Gasteiger partial charge in [-0.2, -0.15) is 0 Å². The number of aromatic nitrogens is 1. The van der Waals surface area contributed by atoms with Crippen LogP contribution in [0.15, 0.2) is 6.20 Å². The number of aliphatic carboxylic acids is 1. The van der Waals surface area contributed by atoms with Crippen LogP contribution in [0, 0.1) is 6.92 Å². The van der Waals surface area contributed by atoms with Gasteiger partial charge in [0.25, 0.3) is 5.91 Å². The fourth-order valence-corrected chi connectivity index (χ4v) is 2.61. The summed E-state index contributed by atoms with van der Waals surface area (Å²) in [5.74, 6) is -1.46. The first-order valence-corrected chi connectivity index (χ1v) is 5.95. The summed E-state index contributed by atoms with van der Waals surface area (Å²) in [5.41, 5.74) is 0. The molecule has 1 aliphatic rings. The van der Waals surface area contributed by atoms with E-state index in [4.69, 9.17) is 5.11 Å². The number of thiazole rings is 1. The van der Waals surface area contributed by atoms with E-state index in [1.165, 1.54) is 22.4 Å². The van der Waals surface area contributed by atoms with Gasteiger partial charge in [-0.3, -0.25) is 4.79 Å². The molecule has 0 bridgehead atoms. The third-order valence-corrected chi connectivity index (χ3v) is 3.56. The van der Waals surface area contributed by atoms with Crippen LogP contribution in [0.1, 0.15) is 21.1 Å². The third kappa shape index (κ3) is 2.29. The zero-order valence-corrected chi connectivity index (χ0v) is 9.98. The van der Waals surface area contributed by atoms with Crippen molar-refractivity contribution in [2.75, 3.05) is 6.54 Å². The van der Waals surface area contributed by atoms with E-state index >= 15 is 0 Å². The van der Waals surface area contributed by atoms with Gasteiger partial charge in [-0.1, -0.05) is 0 Å². The van der Waals surface area contributed by atoms with E-state index in [9.17, 15) is 14.7 Å². The van der Waals surface area contributed by atoms with Crippen LogP contribution in [0.2, 0.25) is 0 Å². The number of likely N-dealkylation sites (tertiary alicyclic amines) is 1. The average molecular weight is 256 g/mol.